The first kappa shape index (κ1) is 27.4. The van der Waals surface area contributed by atoms with Crippen LogP contribution in [0.4, 0.5) is 26.3 Å². The molecular weight excluding hydrogens is 584 g/mol. The smallest absolute Gasteiger partial charge is 0.250 e. The fourth-order valence-electron chi connectivity index (χ4n) is 4.61. The van der Waals surface area contributed by atoms with Gasteiger partial charge in [-0.2, -0.15) is 26.3 Å². The molecule has 3 aromatic carbocycles. The quantitative estimate of drug-likeness (QED) is 0.192. The number of benzene rings is 3. The molecule has 0 atom stereocenters. The van der Waals surface area contributed by atoms with E-state index in [4.69, 9.17) is 11.6 Å². The first-order valence-corrected chi connectivity index (χ1v) is 12.6. The number of rotatable bonds is 5. The molecule has 0 unspecified atom stereocenters. The van der Waals surface area contributed by atoms with Crippen molar-refractivity contribution in [2.24, 2.45) is 0 Å². The number of alkyl halides is 6. The monoisotopic (exact) mass is 599 g/mol. The van der Waals surface area contributed by atoms with E-state index in [0.717, 1.165) is 0 Å². The molecule has 212 valence electrons. The van der Waals surface area contributed by atoms with Gasteiger partial charge in [-0.1, -0.05) is 70.6 Å². The summed E-state index contributed by atoms with van der Waals surface area (Å²) in [5.41, 5.74) is -0.360. The third-order valence-corrected chi connectivity index (χ3v) is 6.78. The lowest BCUT2D eigenvalue weighted by molar-refractivity contribution is -0.143. The van der Waals surface area contributed by atoms with Gasteiger partial charge < -0.3 is 0 Å². The van der Waals surface area contributed by atoms with Crippen LogP contribution in [0.2, 0.25) is 5.02 Å². The van der Waals surface area contributed by atoms with Crippen molar-refractivity contribution in [2.45, 2.75) is 18.9 Å². The summed E-state index contributed by atoms with van der Waals surface area (Å²) in [6.45, 7) is -0.442. The molecule has 0 aliphatic carbocycles. The first-order chi connectivity index (χ1) is 20.0. The Labute approximate surface area is 238 Å². The highest BCUT2D eigenvalue weighted by molar-refractivity contribution is 6.33. The summed E-state index contributed by atoms with van der Waals surface area (Å²) in [7, 11) is 0. The molecule has 0 saturated heterocycles. The van der Waals surface area contributed by atoms with E-state index in [-0.39, 0.29) is 23.0 Å². The van der Waals surface area contributed by atoms with Gasteiger partial charge in [-0.15, -0.1) is 10.2 Å². The molecule has 0 fully saturated rings. The fraction of sp³-hybridized carbons (Fsp3) is 0.107. The highest BCUT2D eigenvalue weighted by Crippen LogP contribution is 2.39. The summed E-state index contributed by atoms with van der Waals surface area (Å²) < 4.78 is 83.9. The number of nitrogens with zero attached hydrogens (tertiary/aromatic N) is 7. The Bertz CT molecular complexity index is 1880. The summed E-state index contributed by atoms with van der Waals surface area (Å²) in [6.07, 6.45) is -6.95. The molecule has 42 heavy (non-hydrogen) atoms. The van der Waals surface area contributed by atoms with Crippen molar-refractivity contribution in [3.05, 3.63) is 107 Å². The SMILES string of the molecule is FC(F)(F)c1cc(Cn2nnc(-c3nccn4nnc(-c5ccccc5Cl)c34)c2-c2ccccc2)cc(C(F)(F)F)c1. The van der Waals surface area contributed by atoms with E-state index in [1.54, 1.807) is 60.8 Å². The Hall–Kier alpha value is -4.78. The molecule has 6 aromatic rings. The zero-order chi connectivity index (χ0) is 29.6. The summed E-state index contributed by atoms with van der Waals surface area (Å²) >= 11 is 6.44. The Morgan fingerprint density at radius 3 is 2.02 bits per heavy atom. The van der Waals surface area contributed by atoms with Crippen molar-refractivity contribution >= 4 is 17.1 Å². The molecule has 6 rings (SSSR count). The third-order valence-electron chi connectivity index (χ3n) is 6.45. The van der Waals surface area contributed by atoms with E-state index >= 15 is 0 Å². The van der Waals surface area contributed by atoms with Crippen LogP contribution < -0.4 is 0 Å². The second kappa shape index (κ2) is 10.2. The van der Waals surface area contributed by atoms with Gasteiger partial charge in [0, 0.05) is 23.5 Å². The van der Waals surface area contributed by atoms with Crippen molar-refractivity contribution < 1.29 is 26.3 Å². The number of halogens is 7. The summed E-state index contributed by atoms with van der Waals surface area (Å²) in [6, 6.07) is 17.0. The lowest BCUT2D eigenvalue weighted by Gasteiger charge is -2.15. The molecule has 0 aliphatic rings. The van der Waals surface area contributed by atoms with Gasteiger partial charge in [0.2, 0.25) is 0 Å². The van der Waals surface area contributed by atoms with E-state index in [1.165, 1.54) is 15.4 Å². The van der Waals surface area contributed by atoms with Crippen molar-refractivity contribution in [3.8, 4) is 33.9 Å². The van der Waals surface area contributed by atoms with Crippen LogP contribution in [0.1, 0.15) is 16.7 Å². The predicted octanol–water partition coefficient (Wildman–Crippen LogP) is 7.46. The average molecular weight is 600 g/mol. The van der Waals surface area contributed by atoms with Crippen LogP contribution in [0.3, 0.4) is 0 Å². The number of hydrogen-bond donors (Lipinski definition) is 0. The zero-order valence-electron chi connectivity index (χ0n) is 21.1. The van der Waals surface area contributed by atoms with Crippen LogP contribution in [0.5, 0.6) is 0 Å². The third kappa shape index (κ3) is 5.07. The van der Waals surface area contributed by atoms with Crippen LogP contribution >= 0.6 is 11.6 Å². The second-order valence-corrected chi connectivity index (χ2v) is 9.62. The first-order valence-electron chi connectivity index (χ1n) is 12.2. The van der Waals surface area contributed by atoms with Crippen LogP contribution in [0, 0.1) is 0 Å². The Balaban J connectivity index is 1.55. The topological polar surface area (TPSA) is 73.8 Å². The minimum atomic E-state index is -4.99. The Morgan fingerprint density at radius 1 is 0.714 bits per heavy atom. The molecule has 0 spiro atoms. The van der Waals surface area contributed by atoms with Crippen molar-refractivity contribution in [3.63, 3.8) is 0 Å². The van der Waals surface area contributed by atoms with Gasteiger partial charge in [0.1, 0.15) is 22.6 Å². The van der Waals surface area contributed by atoms with Gasteiger partial charge in [0.15, 0.2) is 0 Å². The van der Waals surface area contributed by atoms with E-state index in [2.05, 4.69) is 25.6 Å². The van der Waals surface area contributed by atoms with Gasteiger partial charge in [-0.25, -0.2) is 9.20 Å². The zero-order valence-corrected chi connectivity index (χ0v) is 21.8. The molecule has 0 radical (unpaired) electrons. The lowest BCUT2D eigenvalue weighted by atomic mass is 10.0. The minimum Gasteiger partial charge on any atom is -0.250 e. The summed E-state index contributed by atoms with van der Waals surface area (Å²) in [5.74, 6) is 0. The molecule has 7 nitrogen and oxygen atoms in total. The number of aromatic nitrogens is 7. The Morgan fingerprint density at radius 2 is 1.36 bits per heavy atom. The van der Waals surface area contributed by atoms with Crippen molar-refractivity contribution in [1.29, 1.82) is 0 Å². The van der Waals surface area contributed by atoms with E-state index in [0.29, 0.717) is 45.2 Å². The molecule has 0 amide bonds. The molecule has 3 aromatic heterocycles. The number of hydrogen-bond acceptors (Lipinski definition) is 5. The average Bonchev–Trinajstić information content (AvgIpc) is 3.57. The normalized spacial score (nSPS) is 12.3. The summed E-state index contributed by atoms with van der Waals surface area (Å²) in [5, 5.41) is 17.3. The number of fused-ring (bicyclic) bond motifs is 1. The van der Waals surface area contributed by atoms with E-state index < -0.39 is 30.0 Å². The molecule has 0 N–H and O–H groups in total. The van der Waals surface area contributed by atoms with E-state index in [9.17, 15) is 26.3 Å². The maximum atomic E-state index is 13.5. The van der Waals surface area contributed by atoms with Crippen LogP contribution in [0.15, 0.2) is 85.2 Å². The molecule has 3 heterocycles. The minimum absolute atomic E-state index is 0.0852. The molecular formula is C28H16ClF6N7. The fourth-order valence-corrected chi connectivity index (χ4v) is 4.83. The summed E-state index contributed by atoms with van der Waals surface area (Å²) in [4.78, 5) is 4.51. The highest BCUT2D eigenvalue weighted by Gasteiger charge is 2.37. The lowest BCUT2D eigenvalue weighted by Crippen LogP contribution is -2.13. The van der Waals surface area contributed by atoms with Crippen molar-refractivity contribution in [2.75, 3.05) is 0 Å². The van der Waals surface area contributed by atoms with E-state index in [1.807, 2.05) is 0 Å². The largest absolute Gasteiger partial charge is 0.416 e. The van der Waals surface area contributed by atoms with Gasteiger partial charge in [0.05, 0.1) is 28.4 Å². The maximum absolute atomic E-state index is 13.5. The molecule has 0 bridgehead atoms. The van der Waals surface area contributed by atoms with Gasteiger partial charge >= 0.3 is 12.4 Å². The van der Waals surface area contributed by atoms with Crippen LogP contribution in [0.25, 0.3) is 39.4 Å². The molecule has 0 saturated carbocycles. The molecule has 14 heteroatoms. The van der Waals surface area contributed by atoms with Gasteiger partial charge in [0.25, 0.3) is 0 Å². The maximum Gasteiger partial charge on any atom is 0.416 e. The van der Waals surface area contributed by atoms with Crippen molar-refractivity contribution in [1.82, 2.24) is 34.8 Å². The Kier molecular flexibility index (Phi) is 6.68. The highest BCUT2D eigenvalue weighted by atomic mass is 35.5. The molecule has 0 aliphatic heterocycles. The second-order valence-electron chi connectivity index (χ2n) is 9.21. The van der Waals surface area contributed by atoms with Gasteiger partial charge in [-0.05, 0) is 29.8 Å². The van der Waals surface area contributed by atoms with Gasteiger partial charge in [-0.3, -0.25) is 4.98 Å². The van der Waals surface area contributed by atoms with Crippen LogP contribution in [-0.2, 0) is 18.9 Å². The standard InChI is InChI=1S/C28H16ClF6N7/c29-21-9-5-4-8-20(21)22-26-23(36-10-11-41(26)39-37-22)24-25(17-6-2-1-3-7-17)42(40-38-24)15-16-12-18(27(30,31)32)14-19(13-16)28(33,34)35/h1-14H,15H2. The predicted molar refractivity (Wildman–Crippen MR) is 141 cm³/mol. The van der Waals surface area contributed by atoms with Crippen LogP contribution in [-0.4, -0.2) is 34.8 Å².